The lowest BCUT2D eigenvalue weighted by Gasteiger charge is -2.21. The molecule has 1 fully saturated rings. The van der Waals surface area contributed by atoms with E-state index in [4.69, 9.17) is 0 Å². The average molecular weight is 450 g/mol. The molecule has 0 atom stereocenters. The molecule has 3 N–H and O–H groups in total. The number of sulfonamides is 1. The Kier molecular flexibility index (Phi) is 5.09. The van der Waals surface area contributed by atoms with Gasteiger partial charge in [0, 0.05) is 33.6 Å². The number of rotatable bonds is 5. The molecule has 164 valence electrons. The van der Waals surface area contributed by atoms with Crippen LogP contribution in [0.2, 0.25) is 0 Å². The molecule has 8 heteroatoms. The fraction of sp³-hybridized carbons (Fsp3) is 0.250. The van der Waals surface area contributed by atoms with Crippen LogP contribution in [0.5, 0.6) is 0 Å². The third-order valence-corrected chi connectivity index (χ3v) is 7.58. The molecule has 0 aromatic heterocycles. The normalized spacial score (nSPS) is 16.1. The van der Waals surface area contributed by atoms with Gasteiger partial charge in [-0.1, -0.05) is 37.5 Å². The Morgan fingerprint density at radius 3 is 2.50 bits per heavy atom. The van der Waals surface area contributed by atoms with Crippen molar-refractivity contribution in [1.82, 2.24) is 0 Å². The van der Waals surface area contributed by atoms with Crippen LogP contribution in [0.4, 0.5) is 17.1 Å². The lowest BCUT2D eigenvalue weighted by Crippen LogP contribution is -2.24. The van der Waals surface area contributed by atoms with E-state index in [-0.39, 0.29) is 22.6 Å². The first-order chi connectivity index (χ1) is 15.4. The van der Waals surface area contributed by atoms with Gasteiger partial charge in [-0.05, 0) is 49.2 Å². The van der Waals surface area contributed by atoms with Crippen LogP contribution in [0, 0.1) is 5.92 Å². The van der Waals surface area contributed by atoms with Crippen molar-refractivity contribution in [3.05, 3.63) is 60.2 Å². The van der Waals surface area contributed by atoms with Crippen LogP contribution < -0.4 is 15.4 Å². The van der Waals surface area contributed by atoms with Crippen LogP contribution in [0.1, 0.15) is 42.5 Å². The van der Waals surface area contributed by atoms with Crippen molar-refractivity contribution in [3.8, 4) is 0 Å². The molecule has 2 aliphatic rings. The van der Waals surface area contributed by atoms with Gasteiger partial charge in [-0.3, -0.25) is 14.3 Å². The van der Waals surface area contributed by atoms with Gasteiger partial charge in [-0.25, -0.2) is 8.42 Å². The number of carbonyl (C=O) groups is 2. The summed E-state index contributed by atoms with van der Waals surface area (Å²) >= 11 is 0. The third-order valence-electron chi connectivity index (χ3n) is 6.14. The first kappa shape index (κ1) is 20.5. The van der Waals surface area contributed by atoms with Crippen molar-refractivity contribution in [2.24, 2.45) is 5.92 Å². The minimum Gasteiger partial charge on any atom is -0.326 e. The zero-order chi connectivity index (χ0) is 22.3. The molecule has 1 aliphatic heterocycles. The number of nitrogens with one attached hydrogen (secondary N) is 3. The summed E-state index contributed by atoms with van der Waals surface area (Å²) in [6.07, 6.45) is 5.07. The van der Waals surface area contributed by atoms with Crippen molar-refractivity contribution in [2.75, 3.05) is 15.4 Å². The maximum Gasteiger partial charge on any atom is 0.262 e. The molecular formula is C24H23N3O4S. The third kappa shape index (κ3) is 3.71. The fourth-order valence-electron chi connectivity index (χ4n) is 4.58. The Balaban J connectivity index is 1.41. The van der Waals surface area contributed by atoms with Crippen LogP contribution in [0.25, 0.3) is 10.8 Å². The van der Waals surface area contributed by atoms with Crippen molar-refractivity contribution in [1.29, 1.82) is 0 Å². The van der Waals surface area contributed by atoms with Gasteiger partial charge in [0.05, 0.1) is 10.6 Å². The second-order valence-electron chi connectivity index (χ2n) is 8.30. The highest BCUT2D eigenvalue weighted by molar-refractivity contribution is 7.93. The fourth-order valence-corrected chi connectivity index (χ4v) is 5.83. The number of benzene rings is 3. The summed E-state index contributed by atoms with van der Waals surface area (Å²) in [6, 6.07) is 14.8. The molecule has 1 heterocycles. The first-order valence-corrected chi connectivity index (χ1v) is 12.2. The Morgan fingerprint density at radius 2 is 1.69 bits per heavy atom. The molecule has 2 amide bonds. The molecule has 0 saturated heterocycles. The maximum absolute atomic E-state index is 13.2. The lowest BCUT2D eigenvalue weighted by molar-refractivity contribution is -0.120. The molecule has 32 heavy (non-hydrogen) atoms. The quantitative estimate of drug-likeness (QED) is 0.524. The average Bonchev–Trinajstić information content (AvgIpc) is 3.11. The summed E-state index contributed by atoms with van der Waals surface area (Å²) in [5, 5.41) is 6.76. The summed E-state index contributed by atoms with van der Waals surface area (Å²) in [5.74, 6) is -0.252. The Morgan fingerprint density at radius 1 is 0.938 bits per heavy atom. The maximum atomic E-state index is 13.2. The minimum atomic E-state index is -3.93. The molecular weight excluding hydrogens is 426 g/mol. The minimum absolute atomic E-state index is 0.00831. The van der Waals surface area contributed by atoms with E-state index in [2.05, 4.69) is 15.4 Å². The van der Waals surface area contributed by atoms with E-state index in [0.29, 0.717) is 33.4 Å². The van der Waals surface area contributed by atoms with Crippen LogP contribution in [-0.2, 0) is 14.8 Å². The smallest absolute Gasteiger partial charge is 0.262 e. The Hall–Kier alpha value is -3.39. The van der Waals surface area contributed by atoms with Gasteiger partial charge in [0.2, 0.25) is 5.91 Å². The van der Waals surface area contributed by atoms with Gasteiger partial charge < -0.3 is 10.6 Å². The van der Waals surface area contributed by atoms with Gasteiger partial charge in [0.1, 0.15) is 0 Å². The second kappa shape index (κ2) is 7.94. The molecule has 0 unspecified atom stereocenters. The molecule has 0 spiro atoms. The van der Waals surface area contributed by atoms with E-state index < -0.39 is 10.0 Å². The van der Waals surface area contributed by atoms with Gasteiger partial charge in [0.25, 0.3) is 15.9 Å². The number of anilines is 3. The number of hydrogen-bond acceptors (Lipinski definition) is 4. The zero-order valence-corrected chi connectivity index (χ0v) is 18.2. The predicted molar refractivity (Wildman–Crippen MR) is 124 cm³/mol. The van der Waals surface area contributed by atoms with Gasteiger partial charge in [0.15, 0.2) is 0 Å². The van der Waals surface area contributed by atoms with Gasteiger partial charge in [-0.2, -0.15) is 0 Å². The molecule has 3 aromatic carbocycles. The van der Waals surface area contributed by atoms with Crippen LogP contribution in [0.15, 0.2) is 59.5 Å². The molecule has 1 saturated carbocycles. The van der Waals surface area contributed by atoms with E-state index >= 15 is 0 Å². The summed E-state index contributed by atoms with van der Waals surface area (Å²) in [4.78, 5) is 24.8. The van der Waals surface area contributed by atoms with Crippen molar-refractivity contribution >= 4 is 49.7 Å². The molecule has 5 rings (SSSR count). The highest BCUT2D eigenvalue weighted by Gasteiger charge is 2.26. The SMILES string of the molecule is O=C1Nc2ccc(S(=O)(=O)Nc3cccc(NC(=O)C4CCCCC4)c3)c3cccc1c23. The first-order valence-electron chi connectivity index (χ1n) is 10.7. The molecule has 0 bridgehead atoms. The molecule has 0 radical (unpaired) electrons. The summed E-state index contributed by atoms with van der Waals surface area (Å²) in [5.41, 5.74) is 1.97. The largest absolute Gasteiger partial charge is 0.326 e. The number of carbonyl (C=O) groups excluding carboxylic acids is 2. The molecule has 1 aliphatic carbocycles. The van der Waals surface area contributed by atoms with E-state index in [9.17, 15) is 18.0 Å². The molecule has 7 nitrogen and oxygen atoms in total. The second-order valence-corrected chi connectivity index (χ2v) is 9.95. The highest BCUT2D eigenvalue weighted by Crippen LogP contribution is 2.37. The molecule has 3 aromatic rings. The zero-order valence-electron chi connectivity index (χ0n) is 17.4. The summed E-state index contributed by atoms with van der Waals surface area (Å²) in [7, 11) is -3.93. The van der Waals surface area contributed by atoms with Crippen LogP contribution in [-0.4, -0.2) is 20.2 Å². The lowest BCUT2D eigenvalue weighted by atomic mass is 9.88. The predicted octanol–water partition coefficient (Wildman–Crippen LogP) is 4.73. The van der Waals surface area contributed by atoms with E-state index in [1.54, 1.807) is 48.5 Å². The Bertz CT molecular complexity index is 1340. The van der Waals surface area contributed by atoms with Gasteiger partial charge in [-0.15, -0.1) is 0 Å². The van der Waals surface area contributed by atoms with Crippen molar-refractivity contribution < 1.29 is 18.0 Å². The number of amides is 2. The van der Waals surface area contributed by atoms with Crippen molar-refractivity contribution in [3.63, 3.8) is 0 Å². The Labute approximate surface area is 186 Å². The van der Waals surface area contributed by atoms with Crippen LogP contribution in [0.3, 0.4) is 0 Å². The van der Waals surface area contributed by atoms with Crippen molar-refractivity contribution in [2.45, 2.75) is 37.0 Å². The van der Waals surface area contributed by atoms with Crippen LogP contribution >= 0.6 is 0 Å². The highest BCUT2D eigenvalue weighted by atomic mass is 32.2. The topological polar surface area (TPSA) is 104 Å². The summed E-state index contributed by atoms with van der Waals surface area (Å²) < 4.78 is 29.0. The standard InChI is InChI=1S/C24H23N3O4S/c28-23(15-6-2-1-3-7-15)25-16-8-4-9-17(14-16)27-32(30,31)21-13-12-20-22-18(21)10-5-11-19(22)24(29)26-20/h4-5,8-15,27H,1-3,6-7H2,(H,25,28)(H,26,29). The summed E-state index contributed by atoms with van der Waals surface area (Å²) in [6.45, 7) is 0. The number of hydrogen-bond donors (Lipinski definition) is 3. The van der Waals surface area contributed by atoms with Gasteiger partial charge >= 0.3 is 0 Å². The van der Waals surface area contributed by atoms with E-state index in [0.717, 1.165) is 25.7 Å². The van der Waals surface area contributed by atoms with E-state index in [1.807, 2.05) is 0 Å². The monoisotopic (exact) mass is 449 g/mol. The van der Waals surface area contributed by atoms with E-state index in [1.165, 1.54) is 12.5 Å².